The molecule has 21 heavy (non-hydrogen) atoms. The van der Waals surface area contributed by atoms with Gasteiger partial charge in [-0.2, -0.15) is 4.31 Å². The minimum Gasteiger partial charge on any atom is -0.392 e. The van der Waals surface area contributed by atoms with Gasteiger partial charge in [-0.25, -0.2) is 8.42 Å². The Bertz CT molecular complexity index is 555. The van der Waals surface area contributed by atoms with E-state index in [4.69, 9.17) is 4.74 Å². The van der Waals surface area contributed by atoms with Crippen molar-refractivity contribution in [2.24, 2.45) is 0 Å². The molecule has 0 unspecified atom stereocenters. The molecule has 1 aromatic rings. The van der Waals surface area contributed by atoms with E-state index in [2.05, 4.69) is 0 Å². The topological polar surface area (TPSA) is 66.8 Å². The summed E-state index contributed by atoms with van der Waals surface area (Å²) in [5, 5.41) is 9.20. The fourth-order valence-electron chi connectivity index (χ4n) is 1.93. The van der Waals surface area contributed by atoms with Crippen LogP contribution in [0.5, 0.6) is 0 Å². The summed E-state index contributed by atoms with van der Waals surface area (Å²) in [5.41, 5.74) is 1.35. The number of hydrogen-bond acceptors (Lipinski definition) is 4. The average molecular weight is 315 g/mol. The Morgan fingerprint density at radius 3 is 2.52 bits per heavy atom. The molecule has 1 aromatic carbocycles. The largest absolute Gasteiger partial charge is 0.392 e. The number of rotatable bonds is 8. The highest BCUT2D eigenvalue weighted by Gasteiger charge is 2.23. The number of aliphatic hydroxyl groups is 1. The van der Waals surface area contributed by atoms with Gasteiger partial charge in [-0.15, -0.1) is 0 Å². The summed E-state index contributed by atoms with van der Waals surface area (Å²) < 4.78 is 32.0. The van der Waals surface area contributed by atoms with Crippen LogP contribution in [0.3, 0.4) is 0 Å². The van der Waals surface area contributed by atoms with E-state index < -0.39 is 10.0 Å². The molecular formula is C15H25NO4S. The van der Waals surface area contributed by atoms with Gasteiger partial charge in [0.15, 0.2) is 0 Å². The van der Waals surface area contributed by atoms with Crippen molar-refractivity contribution < 1.29 is 18.3 Å². The second kappa shape index (κ2) is 7.89. The van der Waals surface area contributed by atoms with Crippen LogP contribution in [0.15, 0.2) is 23.1 Å². The number of ether oxygens (including phenoxy) is 1. The number of aliphatic hydroxyl groups excluding tert-OH is 1. The van der Waals surface area contributed by atoms with E-state index in [0.717, 1.165) is 5.56 Å². The minimum atomic E-state index is -3.57. The third-order valence-corrected chi connectivity index (χ3v) is 5.18. The van der Waals surface area contributed by atoms with Gasteiger partial charge in [-0.05, 0) is 37.5 Å². The number of sulfonamides is 1. The third-order valence-electron chi connectivity index (χ3n) is 3.24. The van der Waals surface area contributed by atoms with E-state index in [1.807, 2.05) is 20.8 Å². The van der Waals surface area contributed by atoms with E-state index in [1.165, 1.54) is 4.31 Å². The molecule has 120 valence electrons. The van der Waals surface area contributed by atoms with Crippen molar-refractivity contribution in [3.63, 3.8) is 0 Å². The lowest BCUT2D eigenvalue weighted by Gasteiger charge is -2.20. The molecule has 0 amide bonds. The van der Waals surface area contributed by atoms with Crippen LogP contribution in [0.4, 0.5) is 0 Å². The summed E-state index contributed by atoms with van der Waals surface area (Å²) in [4.78, 5) is 0.267. The Morgan fingerprint density at radius 2 is 2.00 bits per heavy atom. The molecular weight excluding hydrogens is 290 g/mol. The molecule has 6 heteroatoms. The summed E-state index contributed by atoms with van der Waals surface area (Å²) in [6.45, 7) is 6.21. The van der Waals surface area contributed by atoms with Crippen LogP contribution in [0.1, 0.15) is 31.9 Å². The summed E-state index contributed by atoms with van der Waals surface area (Å²) >= 11 is 0. The summed E-state index contributed by atoms with van der Waals surface area (Å²) in [6, 6.07) is 5.06. The van der Waals surface area contributed by atoms with Crippen molar-refractivity contribution in [1.29, 1.82) is 0 Å². The van der Waals surface area contributed by atoms with Crippen molar-refractivity contribution in [3.8, 4) is 0 Å². The number of benzene rings is 1. The van der Waals surface area contributed by atoms with Crippen LogP contribution < -0.4 is 0 Å². The molecule has 0 radical (unpaired) electrons. The van der Waals surface area contributed by atoms with Crippen molar-refractivity contribution in [2.45, 2.75) is 44.8 Å². The lowest BCUT2D eigenvalue weighted by atomic mass is 10.1. The van der Waals surface area contributed by atoms with E-state index in [9.17, 15) is 13.5 Å². The summed E-state index contributed by atoms with van der Waals surface area (Å²) in [7, 11) is -2.02. The van der Waals surface area contributed by atoms with Crippen molar-refractivity contribution in [3.05, 3.63) is 29.3 Å². The highest BCUT2D eigenvalue weighted by atomic mass is 32.2. The number of aryl methyl sites for hydroxylation is 1. The van der Waals surface area contributed by atoms with E-state index in [0.29, 0.717) is 25.1 Å². The molecule has 1 N–H and O–H groups in total. The molecule has 0 atom stereocenters. The minimum absolute atomic E-state index is 0.0741. The Kier molecular flexibility index (Phi) is 6.80. The monoisotopic (exact) mass is 315 g/mol. The second-order valence-electron chi connectivity index (χ2n) is 5.20. The van der Waals surface area contributed by atoms with Gasteiger partial charge in [-0.1, -0.05) is 19.1 Å². The molecule has 0 saturated heterocycles. The van der Waals surface area contributed by atoms with Gasteiger partial charge < -0.3 is 9.84 Å². The smallest absolute Gasteiger partial charge is 0.243 e. The highest BCUT2D eigenvalue weighted by Crippen LogP contribution is 2.22. The zero-order chi connectivity index (χ0) is 16.0. The summed E-state index contributed by atoms with van der Waals surface area (Å²) in [6.07, 6.45) is 0.696. The van der Waals surface area contributed by atoms with Crippen LogP contribution in [0.25, 0.3) is 0 Å². The lowest BCUT2D eigenvalue weighted by Crippen LogP contribution is -2.31. The van der Waals surface area contributed by atoms with Crippen molar-refractivity contribution >= 4 is 10.0 Å². The maximum atomic E-state index is 12.6. The maximum Gasteiger partial charge on any atom is 0.243 e. The number of hydrogen-bond donors (Lipinski definition) is 1. The maximum absolute atomic E-state index is 12.6. The van der Waals surface area contributed by atoms with Gasteiger partial charge in [0, 0.05) is 13.6 Å². The predicted octanol–water partition coefficient (Wildman–Crippen LogP) is 1.79. The zero-order valence-electron chi connectivity index (χ0n) is 13.2. The third kappa shape index (κ3) is 4.78. The molecule has 0 aromatic heterocycles. The van der Waals surface area contributed by atoms with Crippen LogP contribution in [0, 0.1) is 0 Å². The lowest BCUT2D eigenvalue weighted by molar-refractivity contribution is 0.0737. The van der Waals surface area contributed by atoms with Crippen LogP contribution in [-0.2, 0) is 27.8 Å². The number of nitrogens with zero attached hydrogens (tertiary/aromatic N) is 1. The fraction of sp³-hybridized carbons (Fsp3) is 0.600. The number of likely N-dealkylation sites (N-methyl/N-ethyl adjacent to an activating group) is 1. The van der Waals surface area contributed by atoms with E-state index in [-0.39, 0.29) is 17.6 Å². The van der Waals surface area contributed by atoms with Crippen molar-refractivity contribution in [2.75, 3.05) is 20.2 Å². The van der Waals surface area contributed by atoms with Gasteiger partial charge in [-0.3, -0.25) is 0 Å². The van der Waals surface area contributed by atoms with E-state index in [1.54, 1.807) is 25.2 Å². The average Bonchev–Trinajstić information content (AvgIpc) is 2.45. The van der Waals surface area contributed by atoms with Gasteiger partial charge in [0.25, 0.3) is 0 Å². The first kappa shape index (κ1) is 18.1. The molecule has 0 bridgehead atoms. The van der Waals surface area contributed by atoms with Gasteiger partial charge in [0.2, 0.25) is 10.0 Å². The molecule has 1 rings (SSSR count). The molecule has 0 fully saturated rings. The Hall–Kier alpha value is -0.950. The second-order valence-corrected chi connectivity index (χ2v) is 7.21. The van der Waals surface area contributed by atoms with Crippen LogP contribution in [-0.4, -0.2) is 44.1 Å². The molecule has 0 aliphatic carbocycles. The molecule has 0 heterocycles. The van der Waals surface area contributed by atoms with Crippen LogP contribution in [0.2, 0.25) is 0 Å². The van der Waals surface area contributed by atoms with Gasteiger partial charge in [0.1, 0.15) is 0 Å². The zero-order valence-corrected chi connectivity index (χ0v) is 14.0. The van der Waals surface area contributed by atoms with E-state index >= 15 is 0 Å². The molecule has 0 spiro atoms. The highest BCUT2D eigenvalue weighted by molar-refractivity contribution is 7.89. The molecule has 5 nitrogen and oxygen atoms in total. The Balaban J connectivity index is 3.00. The normalized spacial score (nSPS) is 12.3. The SMILES string of the molecule is CCc1ccc(CO)cc1S(=O)(=O)N(C)CCOC(C)C. The first-order chi connectivity index (χ1) is 9.82. The first-order valence-corrected chi connectivity index (χ1v) is 8.57. The fourth-order valence-corrected chi connectivity index (χ4v) is 3.43. The molecule has 0 aliphatic heterocycles. The molecule has 0 aliphatic rings. The standard InChI is InChI=1S/C15H25NO4S/c1-5-14-7-6-13(11-17)10-15(14)21(18,19)16(4)8-9-20-12(2)3/h6-7,10,12,17H,5,8-9,11H2,1-4H3. The Labute approximate surface area is 127 Å². The van der Waals surface area contributed by atoms with Crippen LogP contribution >= 0.6 is 0 Å². The first-order valence-electron chi connectivity index (χ1n) is 7.13. The van der Waals surface area contributed by atoms with Crippen molar-refractivity contribution in [1.82, 2.24) is 4.31 Å². The summed E-state index contributed by atoms with van der Waals surface area (Å²) in [5.74, 6) is 0. The Morgan fingerprint density at radius 1 is 1.33 bits per heavy atom. The van der Waals surface area contributed by atoms with Gasteiger partial charge >= 0.3 is 0 Å². The molecule has 0 saturated carbocycles. The predicted molar refractivity (Wildman–Crippen MR) is 82.6 cm³/mol. The quantitative estimate of drug-likeness (QED) is 0.794. The van der Waals surface area contributed by atoms with Gasteiger partial charge in [0.05, 0.1) is 24.2 Å².